The number of hydrogen-bond acceptors (Lipinski definition) is 3. The molecule has 0 atom stereocenters. The van der Waals surface area contributed by atoms with Crippen molar-refractivity contribution in [1.29, 1.82) is 0 Å². The summed E-state index contributed by atoms with van der Waals surface area (Å²) >= 11 is 0. The van der Waals surface area contributed by atoms with Gasteiger partial charge in [0.15, 0.2) is 0 Å². The zero-order valence-corrected chi connectivity index (χ0v) is 25.9. The van der Waals surface area contributed by atoms with Crippen LogP contribution in [0.4, 0.5) is 5.69 Å². The Morgan fingerprint density at radius 2 is 1.52 bits per heavy atom. The van der Waals surface area contributed by atoms with Crippen molar-refractivity contribution in [3.8, 4) is 0 Å². The second-order valence-corrected chi connectivity index (χ2v) is 12.2. The molecule has 0 aromatic heterocycles. The van der Waals surface area contributed by atoms with Gasteiger partial charge in [-0.25, -0.2) is 0 Å². The minimum atomic E-state index is -0.0341. The lowest BCUT2D eigenvalue weighted by Crippen LogP contribution is -2.47. The van der Waals surface area contributed by atoms with Gasteiger partial charge in [0, 0.05) is 36.9 Å². The van der Waals surface area contributed by atoms with E-state index in [-0.39, 0.29) is 17.9 Å². The van der Waals surface area contributed by atoms with E-state index < -0.39 is 0 Å². The smallest absolute Gasteiger partial charge is 0.254 e. The van der Waals surface area contributed by atoms with E-state index in [0.29, 0.717) is 18.9 Å². The molecule has 1 N–H and O–H groups in total. The van der Waals surface area contributed by atoms with Crippen LogP contribution in [0.15, 0.2) is 78.9 Å². The number of rotatable bonds is 14. The third-order valence-electron chi connectivity index (χ3n) is 8.35. The molecule has 0 unspecified atom stereocenters. The Hall–Kier alpha value is -3.44. The Morgan fingerprint density at radius 3 is 2.17 bits per heavy atom. The molecule has 1 fully saturated rings. The Kier molecular flexibility index (Phi) is 12.2. The first-order valence-corrected chi connectivity index (χ1v) is 16.0. The maximum Gasteiger partial charge on any atom is 0.254 e. The number of carbonyl (C=O) groups is 2. The molecule has 3 aromatic rings. The number of piperidine rings is 1. The molecule has 0 radical (unpaired) electrons. The molecule has 1 saturated heterocycles. The van der Waals surface area contributed by atoms with Gasteiger partial charge in [0.2, 0.25) is 5.91 Å². The van der Waals surface area contributed by atoms with Crippen LogP contribution in [-0.4, -0.2) is 47.3 Å². The number of nitrogens with zero attached hydrogens (tertiary/aromatic N) is 2. The van der Waals surface area contributed by atoms with Gasteiger partial charge in [0.1, 0.15) is 0 Å². The third-order valence-corrected chi connectivity index (χ3v) is 8.35. The number of benzene rings is 3. The van der Waals surface area contributed by atoms with Gasteiger partial charge in [-0.1, -0.05) is 88.2 Å². The normalized spacial score (nSPS) is 14.2. The van der Waals surface area contributed by atoms with Crippen LogP contribution in [0.25, 0.3) is 0 Å². The van der Waals surface area contributed by atoms with E-state index >= 15 is 0 Å². The van der Waals surface area contributed by atoms with E-state index in [0.717, 1.165) is 61.3 Å². The van der Waals surface area contributed by atoms with Gasteiger partial charge in [0.25, 0.3) is 5.91 Å². The second kappa shape index (κ2) is 16.3. The van der Waals surface area contributed by atoms with Gasteiger partial charge in [-0.3, -0.25) is 9.59 Å². The second-order valence-electron chi connectivity index (χ2n) is 12.2. The molecule has 0 spiro atoms. The monoisotopic (exact) mass is 567 g/mol. The molecular formula is C37H49N3O2. The van der Waals surface area contributed by atoms with Crippen molar-refractivity contribution in [3.05, 3.63) is 101 Å². The van der Waals surface area contributed by atoms with Crippen LogP contribution in [0.3, 0.4) is 0 Å². The lowest BCUT2D eigenvalue weighted by atomic mass is 9.99. The maximum atomic E-state index is 14.0. The zero-order valence-electron chi connectivity index (χ0n) is 25.9. The summed E-state index contributed by atoms with van der Waals surface area (Å²) in [4.78, 5) is 31.1. The number of hydrogen-bond donors (Lipinski definition) is 1. The van der Waals surface area contributed by atoms with Crippen LogP contribution in [0.2, 0.25) is 0 Å². The molecule has 0 saturated carbocycles. The summed E-state index contributed by atoms with van der Waals surface area (Å²) < 4.78 is 0. The van der Waals surface area contributed by atoms with Crippen LogP contribution >= 0.6 is 0 Å². The van der Waals surface area contributed by atoms with E-state index in [9.17, 15) is 9.59 Å². The van der Waals surface area contributed by atoms with Gasteiger partial charge in [-0.15, -0.1) is 0 Å². The van der Waals surface area contributed by atoms with Crippen molar-refractivity contribution in [2.75, 3.05) is 25.0 Å². The molecule has 5 nitrogen and oxygen atoms in total. The number of carbonyl (C=O) groups excluding carboxylic acids is 2. The molecular weight excluding hydrogens is 518 g/mol. The first-order chi connectivity index (χ1) is 20.4. The van der Waals surface area contributed by atoms with Gasteiger partial charge >= 0.3 is 0 Å². The number of likely N-dealkylation sites (tertiary alicyclic amines) is 1. The van der Waals surface area contributed by atoms with Crippen LogP contribution < -0.4 is 5.32 Å². The summed E-state index contributed by atoms with van der Waals surface area (Å²) in [5.74, 6) is 0.779. The number of nitrogens with one attached hydrogen (secondary N) is 1. The first kappa shape index (κ1) is 31.5. The average molecular weight is 568 g/mol. The third kappa shape index (κ3) is 9.84. The fourth-order valence-corrected chi connectivity index (χ4v) is 5.70. The summed E-state index contributed by atoms with van der Waals surface area (Å²) in [5.41, 5.74) is 4.90. The summed E-state index contributed by atoms with van der Waals surface area (Å²) in [6, 6.07) is 26.2. The highest BCUT2D eigenvalue weighted by Crippen LogP contribution is 2.24. The molecule has 0 bridgehead atoms. The van der Waals surface area contributed by atoms with Crippen LogP contribution in [0.5, 0.6) is 0 Å². The minimum Gasteiger partial charge on any atom is -0.331 e. The molecule has 3 aromatic carbocycles. The highest BCUT2D eigenvalue weighted by atomic mass is 16.2. The fraction of sp³-hybridized carbons (Fsp3) is 0.459. The van der Waals surface area contributed by atoms with E-state index in [1.807, 2.05) is 66.7 Å². The van der Waals surface area contributed by atoms with E-state index in [2.05, 4.69) is 48.0 Å². The van der Waals surface area contributed by atoms with Crippen molar-refractivity contribution in [1.82, 2.24) is 9.80 Å². The predicted molar refractivity (Wildman–Crippen MR) is 174 cm³/mol. The van der Waals surface area contributed by atoms with E-state index in [1.165, 1.54) is 31.2 Å². The Bertz CT molecular complexity index is 1230. The van der Waals surface area contributed by atoms with Crippen molar-refractivity contribution in [2.24, 2.45) is 5.92 Å². The van der Waals surface area contributed by atoms with Crippen LogP contribution in [0.1, 0.15) is 86.3 Å². The van der Waals surface area contributed by atoms with Crippen molar-refractivity contribution in [2.45, 2.75) is 84.7 Å². The Balaban J connectivity index is 1.42. The zero-order chi connectivity index (χ0) is 29.7. The molecule has 1 aliphatic rings. The molecule has 1 aliphatic heterocycles. The lowest BCUT2D eigenvalue weighted by Gasteiger charge is -2.39. The summed E-state index contributed by atoms with van der Waals surface area (Å²) in [7, 11) is 0. The number of aryl methyl sites for hydroxylation is 1. The van der Waals surface area contributed by atoms with Crippen molar-refractivity contribution >= 4 is 17.5 Å². The number of unbranched alkanes of at least 4 members (excludes halogenated alkanes) is 2. The summed E-state index contributed by atoms with van der Waals surface area (Å²) in [6.07, 6.45) is 8.25. The van der Waals surface area contributed by atoms with Crippen LogP contribution in [-0.2, 0) is 24.2 Å². The quantitative estimate of drug-likeness (QED) is 0.203. The molecule has 224 valence electrons. The van der Waals surface area contributed by atoms with Gasteiger partial charge in [0.05, 0.1) is 6.42 Å². The number of amides is 2. The van der Waals surface area contributed by atoms with Crippen molar-refractivity contribution in [3.63, 3.8) is 0 Å². The SMILES string of the molecule is CCCCCc1ccc(C(=O)N(Cc2ccc(NC(=O)Cc3ccccc3)cc2)C2CCN(CCC(C)C)CC2)cc1. The first-order valence-electron chi connectivity index (χ1n) is 16.0. The predicted octanol–water partition coefficient (Wildman–Crippen LogP) is 7.75. The Labute approximate surface area is 253 Å². The highest BCUT2D eigenvalue weighted by Gasteiger charge is 2.29. The van der Waals surface area contributed by atoms with Crippen molar-refractivity contribution < 1.29 is 9.59 Å². The molecule has 42 heavy (non-hydrogen) atoms. The molecule has 5 heteroatoms. The highest BCUT2D eigenvalue weighted by molar-refractivity contribution is 5.94. The van der Waals surface area contributed by atoms with Gasteiger partial charge in [-0.2, -0.15) is 0 Å². The molecule has 2 amide bonds. The molecule has 0 aliphatic carbocycles. The number of anilines is 1. The minimum absolute atomic E-state index is 0.0341. The van der Waals surface area contributed by atoms with Gasteiger partial charge in [-0.05, 0) is 85.5 Å². The maximum absolute atomic E-state index is 14.0. The Morgan fingerprint density at radius 1 is 0.857 bits per heavy atom. The lowest BCUT2D eigenvalue weighted by molar-refractivity contribution is -0.115. The largest absolute Gasteiger partial charge is 0.331 e. The van der Waals surface area contributed by atoms with E-state index in [1.54, 1.807) is 0 Å². The fourth-order valence-electron chi connectivity index (χ4n) is 5.70. The molecule has 4 rings (SSSR count). The molecule has 1 heterocycles. The summed E-state index contributed by atoms with van der Waals surface area (Å²) in [6.45, 7) is 10.5. The van der Waals surface area contributed by atoms with Gasteiger partial charge < -0.3 is 15.1 Å². The average Bonchev–Trinajstić information content (AvgIpc) is 3.00. The van der Waals surface area contributed by atoms with Crippen LogP contribution in [0, 0.1) is 5.92 Å². The van der Waals surface area contributed by atoms with E-state index in [4.69, 9.17) is 0 Å². The standard InChI is InChI=1S/C37H49N3O2/c1-4-5-7-10-30-13-17-33(18-14-30)37(42)40(35-22-25-39(26-23-35)24-21-29(2)3)28-32-15-19-34(20-16-32)38-36(41)27-31-11-8-6-9-12-31/h6,8-9,11-20,29,35H,4-5,7,10,21-28H2,1-3H3,(H,38,41). The summed E-state index contributed by atoms with van der Waals surface area (Å²) in [5, 5.41) is 3.01. The topological polar surface area (TPSA) is 52.7 Å².